The van der Waals surface area contributed by atoms with Gasteiger partial charge >= 0.3 is 5.97 Å². The Morgan fingerprint density at radius 1 is 1.24 bits per heavy atom. The summed E-state index contributed by atoms with van der Waals surface area (Å²) in [4.78, 5) is 27.9. The van der Waals surface area contributed by atoms with E-state index < -0.39 is 5.97 Å². The molecule has 3 rings (SSSR count). The van der Waals surface area contributed by atoms with Crippen LogP contribution in [0.25, 0.3) is 10.9 Å². The fourth-order valence-electron chi connectivity index (χ4n) is 2.70. The van der Waals surface area contributed by atoms with Crippen molar-refractivity contribution in [3.05, 3.63) is 54.2 Å². The number of hydrogen-bond donors (Lipinski definition) is 2. The lowest BCUT2D eigenvalue weighted by Crippen LogP contribution is -2.27. The van der Waals surface area contributed by atoms with E-state index in [1.165, 1.54) is 6.20 Å². The molecule has 2 aromatic heterocycles. The second-order valence-electron chi connectivity index (χ2n) is 6.18. The number of carboxylic acids is 1. The van der Waals surface area contributed by atoms with Crippen LogP contribution in [0.2, 0.25) is 0 Å². The number of benzene rings is 1. The molecular formula is C18H20N4O3. The minimum atomic E-state index is -1.01. The summed E-state index contributed by atoms with van der Waals surface area (Å²) in [6, 6.07) is 7.47. The SMILES string of the molecule is CC(C)n1cnc(CNC(=O)Cn2cc(C(=O)O)c3ccccc32)c1. The quantitative estimate of drug-likeness (QED) is 0.721. The Morgan fingerprint density at radius 2 is 2.00 bits per heavy atom. The number of aromatic nitrogens is 3. The lowest BCUT2D eigenvalue weighted by Gasteiger charge is -2.06. The maximum absolute atomic E-state index is 12.2. The fraction of sp³-hybridized carbons (Fsp3) is 0.278. The Hall–Kier alpha value is -3.09. The summed E-state index contributed by atoms with van der Waals surface area (Å²) in [6.07, 6.45) is 5.14. The Kier molecular flexibility index (Phi) is 4.56. The van der Waals surface area contributed by atoms with Crippen LogP contribution < -0.4 is 5.32 Å². The van der Waals surface area contributed by atoms with Crippen LogP contribution in [0.5, 0.6) is 0 Å². The zero-order valence-electron chi connectivity index (χ0n) is 14.1. The Balaban J connectivity index is 1.70. The summed E-state index contributed by atoms with van der Waals surface area (Å²) in [6.45, 7) is 4.50. The Bertz CT molecular complexity index is 923. The van der Waals surface area contributed by atoms with Gasteiger partial charge in [0.25, 0.3) is 0 Å². The van der Waals surface area contributed by atoms with Crippen LogP contribution in [0.4, 0.5) is 0 Å². The van der Waals surface area contributed by atoms with E-state index in [-0.39, 0.29) is 18.0 Å². The van der Waals surface area contributed by atoms with Crippen molar-refractivity contribution in [3.63, 3.8) is 0 Å². The number of rotatable bonds is 6. The third-order valence-electron chi connectivity index (χ3n) is 4.05. The molecule has 0 saturated heterocycles. The van der Waals surface area contributed by atoms with Crippen LogP contribution in [-0.4, -0.2) is 31.1 Å². The molecule has 3 aromatic rings. The first-order chi connectivity index (χ1) is 12.0. The monoisotopic (exact) mass is 340 g/mol. The predicted octanol–water partition coefficient (Wildman–Crippen LogP) is 2.43. The van der Waals surface area contributed by atoms with Crippen LogP contribution in [0.1, 0.15) is 35.9 Å². The molecule has 0 aliphatic heterocycles. The zero-order chi connectivity index (χ0) is 18.0. The molecule has 7 heteroatoms. The van der Waals surface area contributed by atoms with Crippen LogP contribution in [0.3, 0.4) is 0 Å². The molecule has 0 spiro atoms. The number of fused-ring (bicyclic) bond motifs is 1. The molecule has 1 aromatic carbocycles. The van der Waals surface area contributed by atoms with Crippen molar-refractivity contribution in [1.82, 2.24) is 19.4 Å². The maximum Gasteiger partial charge on any atom is 0.337 e. The van der Waals surface area contributed by atoms with Gasteiger partial charge in [0.2, 0.25) is 5.91 Å². The molecule has 7 nitrogen and oxygen atoms in total. The molecule has 130 valence electrons. The number of amides is 1. The number of carbonyl (C=O) groups excluding carboxylic acids is 1. The number of nitrogens with zero attached hydrogens (tertiary/aromatic N) is 3. The van der Waals surface area contributed by atoms with Gasteiger partial charge in [-0.3, -0.25) is 4.79 Å². The first-order valence-electron chi connectivity index (χ1n) is 8.06. The molecule has 2 heterocycles. The lowest BCUT2D eigenvalue weighted by molar-refractivity contribution is -0.121. The normalized spacial score (nSPS) is 11.2. The van der Waals surface area contributed by atoms with E-state index in [1.807, 2.05) is 16.8 Å². The van der Waals surface area contributed by atoms with Crippen molar-refractivity contribution in [3.8, 4) is 0 Å². The molecule has 0 fully saturated rings. The van der Waals surface area contributed by atoms with Crippen molar-refractivity contribution < 1.29 is 14.7 Å². The summed E-state index contributed by atoms with van der Waals surface area (Å²) in [5, 5.41) is 12.7. The number of carbonyl (C=O) groups is 2. The number of para-hydroxylation sites is 1. The minimum absolute atomic E-state index is 0.0542. The second kappa shape index (κ2) is 6.80. The lowest BCUT2D eigenvalue weighted by atomic mass is 10.2. The maximum atomic E-state index is 12.2. The highest BCUT2D eigenvalue weighted by molar-refractivity contribution is 6.03. The van der Waals surface area contributed by atoms with E-state index in [9.17, 15) is 14.7 Å². The predicted molar refractivity (Wildman–Crippen MR) is 93.4 cm³/mol. The first-order valence-corrected chi connectivity index (χ1v) is 8.06. The third kappa shape index (κ3) is 3.55. The van der Waals surface area contributed by atoms with Gasteiger partial charge < -0.3 is 19.6 Å². The van der Waals surface area contributed by atoms with Crippen LogP contribution >= 0.6 is 0 Å². The van der Waals surface area contributed by atoms with E-state index in [0.29, 0.717) is 18.0 Å². The van der Waals surface area contributed by atoms with Gasteiger partial charge in [-0.1, -0.05) is 18.2 Å². The van der Waals surface area contributed by atoms with Crippen LogP contribution in [-0.2, 0) is 17.9 Å². The average Bonchev–Trinajstić information content (AvgIpc) is 3.18. The molecule has 0 unspecified atom stereocenters. The van der Waals surface area contributed by atoms with Crippen LogP contribution in [0, 0.1) is 0 Å². The van der Waals surface area contributed by atoms with Gasteiger partial charge in [-0.15, -0.1) is 0 Å². The Labute approximate surface area is 144 Å². The summed E-state index contributed by atoms with van der Waals surface area (Å²) in [7, 11) is 0. The largest absolute Gasteiger partial charge is 0.478 e. The van der Waals surface area contributed by atoms with E-state index >= 15 is 0 Å². The molecular weight excluding hydrogens is 320 g/mol. The van der Waals surface area contributed by atoms with Gasteiger partial charge in [0.15, 0.2) is 0 Å². The fourth-order valence-corrected chi connectivity index (χ4v) is 2.70. The molecule has 0 atom stereocenters. The standard InChI is InChI=1S/C18H20N4O3/c1-12(2)22-8-13(20-11-22)7-19-17(23)10-21-9-15(18(24)25)14-5-3-4-6-16(14)21/h3-6,8-9,11-12H,7,10H2,1-2H3,(H,19,23)(H,24,25). The van der Waals surface area contributed by atoms with Gasteiger partial charge in [-0.25, -0.2) is 9.78 Å². The molecule has 0 saturated carbocycles. The van der Waals surface area contributed by atoms with Crippen molar-refractivity contribution in [2.45, 2.75) is 33.0 Å². The van der Waals surface area contributed by atoms with Gasteiger partial charge in [-0.05, 0) is 19.9 Å². The highest BCUT2D eigenvalue weighted by Gasteiger charge is 2.15. The number of imidazole rings is 1. The van der Waals surface area contributed by atoms with Crippen molar-refractivity contribution in [2.75, 3.05) is 0 Å². The highest BCUT2D eigenvalue weighted by Crippen LogP contribution is 2.21. The molecule has 25 heavy (non-hydrogen) atoms. The summed E-state index contributed by atoms with van der Waals surface area (Å²) < 4.78 is 3.63. The highest BCUT2D eigenvalue weighted by atomic mass is 16.4. The molecule has 0 aliphatic carbocycles. The number of aromatic carboxylic acids is 1. The van der Waals surface area contributed by atoms with Crippen molar-refractivity contribution >= 4 is 22.8 Å². The summed E-state index contributed by atoms with van der Waals surface area (Å²) >= 11 is 0. The van der Waals surface area contributed by atoms with Gasteiger partial charge in [0, 0.05) is 29.3 Å². The van der Waals surface area contributed by atoms with E-state index in [1.54, 1.807) is 29.1 Å². The smallest absolute Gasteiger partial charge is 0.337 e. The molecule has 1 amide bonds. The molecule has 2 N–H and O–H groups in total. The molecule has 0 aliphatic rings. The van der Waals surface area contributed by atoms with Crippen molar-refractivity contribution in [1.29, 1.82) is 0 Å². The molecule has 0 bridgehead atoms. The average molecular weight is 340 g/mol. The summed E-state index contributed by atoms with van der Waals surface area (Å²) in [5.41, 5.74) is 1.70. The van der Waals surface area contributed by atoms with E-state index in [4.69, 9.17) is 0 Å². The minimum Gasteiger partial charge on any atom is -0.478 e. The van der Waals surface area contributed by atoms with Crippen LogP contribution in [0.15, 0.2) is 43.0 Å². The van der Waals surface area contributed by atoms with Gasteiger partial charge in [0.05, 0.1) is 24.1 Å². The zero-order valence-corrected chi connectivity index (χ0v) is 14.1. The summed E-state index contributed by atoms with van der Waals surface area (Å²) in [5.74, 6) is -1.20. The Morgan fingerprint density at radius 3 is 2.68 bits per heavy atom. The number of hydrogen-bond acceptors (Lipinski definition) is 3. The number of carboxylic acid groups (broad SMARTS) is 1. The third-order valence-corrected chi connectivity index (χ3v) is 4.05. The van der Waals surface area contributed by atoms with Gasteiger partial charge in [-0.2, -0.15) is 0 Å². The molecule has 0 radical (unpaired) electrons. The second-order valence-corrected chi connectivity index (χ2v) is 6.18. The van der Waals surface area contributed by atoms with Crippen molar-refractivity contribution in [2.24, 2.45) is 0 Å². The first kappa shape index (κ1) is 16.8. The topological polar surface area (TPSA) is 89.2 Å². The van der Waals surface area contributed by atoms with E-state index in [0.717, 1.165) is 11.2 Å². The number of nitrogens with one attached hydrogen (secondary N) is 1. The van der Waals surface area contributed by atoms with E-state index in [2.05, 4.69) is 24.1 Å². The van der Waals surface area contributed by atoms with Gasteiger partial charge in [0.1, 0.15) is 6.54 Å².